The number of aromatic nitrogens is 1. The molecule has 1 aromatic heterocycles. The normalized spacial score (nSPS) is 10.8. The molecule has 5 heteroatoms. The van der Waals surface area contributed by atoms with Crippen LogP contribution in [0.5, 0.6) is 0 Å². The standard InChI is InChI=1S/C7H5BrClF2N/c1-3-2-4(7(10)11)6(9)12-5(3)8/h2,7H,1H3. The fraction of sp³-hybridized carbons (Fsp3) is 0.286. The Labute approximate surface area is 81.9 Å². The summed E-state index contributed by atoms with van der Waals surface area (Å²) in [4.78, 5) is 3.70. The van der Waals surface area contributed by atoms with Crippen LogP contribution >= 0.6 is 27.5 Å². The molecule has 0 spiro atoms. The van der Waals surface area contributed by atoms with Crippen molar-refractivity contribution in [3.63, 3.8) is 0 Å². The number of rotatable bonds is 1. The highest BCUT2D eigenvalue weighted by molar-refractivity contribution is 9.10. The largest absolute Gasteiger partial charge is 0.266 e. The van der Waals surface area contributed by atoms with E-state index >= 15 is 0 Å². The van der Waals surface area contributed by atoms with Crippen molar-refractivity contribution in [3.8, 4) is 0 Å². The average molecular weight is 256 g/mol. The number of alkyl halides is 2. The van der Waals surface area contributed by atoms with E-state index in [0.29, 0.717) is 10.2 Å². The van der Waals surface area contributed by atoms with Crippen LogP contribution in [-0.4, -0.2) is 4.98 Å². The van der Waals surface area contributed by atoms with E-state index in [2.05, 4.69) is 20.9 Å². The van der Waals surface area contributed by atoms with Crippen LogP contribution in [0, 0.1) is 6.92 Å². The van der Waals surface area contributed by atoms with Gasteiger partial charge in [-0.2, -0.15) is 0 Å². The molecule has 0 saturated carbocycles. The second-order valence-electron chi connectivity index (χ2n) is 2.28. The van der Waals surface area contributed by atoms with E-state index < -0.39 is 6.43 Å². The van der Waals surface area contributed by atoms with Crippen molar-refractivity contribution < 1.29 is 8.78 Å². The highest BCUT2D eigenvalue weighted by Gasteiger charge is 2.14. The zero-order valence-corrected chi connectivity index (χ0v) is 8.46. The number of pyridine rings is 1. The predicted molar refractivity (Wildman–Crippen MR) is 46.6 cm³/mol. The van der Waals surface area contributed by atoms with Crippen LogP contribution in [0.25, 0.3) is 0 Å². The third kappa shape index (κ3) is 1.93. The fourth-order valence-electron chi connectivity index (χ4n) is 0.744. The van der Waals surface area contributed by atoms with E-state index in [1.807, 2.05) is 0 Å². The van der Waals surface area contributed by atoms with Crippen LogP contribution in [-0.2, 0) is 0 Å². The molecule has 0 N–H and O–H groups in total. The SMILES string of the molecule is Cc1cc(C(F)F)c(Cl)nc1Br. The molecule has 0 radical (unpaired) electrons. The summed E-state index contributed by atoms with van der Waals surface area (Å²) < 4.78 is 24.9. The molecule has 1 rings (SSSR count). The first-order valence-electron chi connectivity index (χ1n) is 3.13. The third-order valence-corrected chi connectivity index (χ3v) is 2.47. The maximum atomic E-state index is 12.2. The van der Waals surface area contributed by atoms with E-state index in [1.165, 1.54) is 6.07 Å². The van der Waals surface area contributed by atoms with Crippen molar-refractivity contribution in [3.05, 3.63) is 26.9 Å². The summed E-state index contributed by atoms with van der Waals surface area (Å²) in [6.45, 7) is 1.68. The van der Waals surface area contributed by atoms with Crippen LogP contribution in [0.3, 0.4) is 0 Å². The summed E-state index contributed by atoms with van der Waals surface area (Å²) in [5, 5.41) is -0.150. The van der Waals surface area contributed by atoms with E-state index in [4.69, 9.17) is 11.6 Å². The summed E-state index contributed by atoms with van der Waals surface area (Å²) in [6, 6.07) is 1.32. The number of hydrogen-bond acceptors (Lipinski definition) is 1. The van der Waals surface area contributed by atoms with Crippen molar-refractivity contribution in [2.75, 3.05) is 0 Å². The predicted octanol–water partition coefficient (Wildman–Crippen LogP) is 3.74. The Kier molecular flexibility index (Phi) is 3.01. The Morgan fingerprint density at radius 2 is 2.17 bits per heavy atom. The number of hydrogen-bond donors (Lipinski definition) is 0. The van der Waals surface area contributed by atoms with Gasteiger partial charge in [0.15, 0.2) is 0 Å². The molecule has 0 fully saturated rings. The van der Waals surface area contributed by atoms with Crippen LogP contribution < -0.4 is 0 Å². The lowest BCUT2D eigenvalue weighted by molar-refractivity contribution is 0.151. The van der Waals surface area contributed by atoms with Gasteiger partial charge in [-0.25, -0.2) is 13.8 Å². The molecule has 0 atom stereocenters. The number of aryl methyl sites for hydroxylation is 1. The van der Waals surface area contributed by atoms with Crippen molar-refractivity contribution in [2.24, 2.45) is 0 Å². The number of nitrogens with zero attached hydrogens (tertiary/aromatic N) is 1. The van der Waals surface area contributed by atoms with Gasteiger partial charge in [0, 0.05) is 0 Å². The first-order valence-corrected chi connectivity index (χ1v) is 4.30. The first kappa shape index (κ1) is 9.86. The average Bonchev–Trinajstić information content (AvgIpc) is 1.96. The molecule has 0 aliphatic heterocycles. The minimum atomic E-state index is -2.57. The summed E-state index contributed by atoms with van der Waals surface area (Å²) in [7, 11) is 0. The lowest BCUT2D eigenvalue weighted by Gasteiger charge is -2.04. The van der Waals surface area contributed by atoms with E-state index in [9.17, 15) is 8.78 Å². The molecule has 12 heavy (non-hydrogen) atoms. The maximum Gasteiger partial charge on any atom is 0.266 e. The Hall–Kier alpha value is -0.220. The second kappa shape index (κ2) is 3.66. The number of halogens is 4. The molecule has 1 aromatic rings. The van der Waals surface area contributed by atoms with Crippen LogP contribution in [0.15, 0.2) is 10.7 Å². The topological polar surface area (TPSA) is 12.9 Å². The Balaban J connectivity index is 3.23. The fourth-order valence-corrected chi connectivity index (χ4v) is 1.36. The van der Waals surface area contributed by atoms with E-state index in [0.717, 1.165) is 0 Å². The molecular weight excluding hydrogens is 251 g/mol. The highest BCUT2D eigenvalue weighted by Crippen LogP contribution is 2.28. The minimum absolute atomic E-state index is 0.150. The molecule has 0 amide bonds. The maximum absolute atomic E-state index is 12.2. The van der Waals surface area contributed by atoms with E-state index in [1.54, 1.807) is 6.92 Å². The summed E-state index contributed by atoms with van der Waals surface area (Å²) in [5.41, 5.74) is 0.423. The second-order valence-corrected chi connectivity index (χ2v) is 3.39. The Morgan fingerprint density at radius 3 is 2.67 bits per heavy atom. The van der Waals surface area contributed by atoms with Crippen molar-refractivity contribution in [1.29, 1.82) is 0 Å². The van der Waals surface area contributed by atoms with Gasteiger partial charge in [0.1, 0.15) is 9.76 Å². The Morgan fingerprint density at radius 1 is 1.58 bits per heavy atom. The van der Waals surface area contributed by atoms with Gasteiger partial charge in [-0.3, -0.25) is 0 Å². The molecule has 66 valence electrons. The molecule has 0 bridgehead atoms. The first-order chi connectivity index (χ1) is 5.52. The molecule has 1 heterocycles. The molecule has 1 nitrogen and oxygen atoms in total. The zero-order chi connectivity index (χ0) is 9.30. The summed E-state index contributed by atoms with van der Waals surface area (Å²) >= 11 is 8.56. The van der Waals surface area contributed by atoms with Gasteiger partial charge in [0.25, 0.3) is 6.43 Å². The van der Waals surface area contributed by atoms with Gasteiger partial charge < -0.3 is 0 Å². The van der Waals surface area contributed by atoms with Gasteiger partial charge in [-0.05, 0) is 34.5 Å². The van der Waals surface area contributed by atoms with Gasteiger partial charge in [-0.15, -0.1) is 0 Å². The highest BCUT2D eigenvalue weighted by atomic mass is 79.9. The van der Waals surface area contributed by atoms with Crippen LogP contribution in [0.1, 0.15) is 17.6 Å². The van der Waals surface area contributed by atoms with Crippen molar-refractivity contribution in [1.82, 2.24) is 4.98 Å². The smallest absolute Gasteiger partial charge is 0.228 e. The summed E-state index contributed by atoms with van der Waals surface area (Å²) in [5.74, 6) is 0. The molecule has 0 aliphatic carbocycles. The van der Waals surface area contributed by atoms with Gasteiger partial charge >= 0.3 is 0 Å². The molecule has 0 aliphatic rings. The monoisotopic (exact) mass is 255 g/mol. The molecule has 0 saturated heterocycles. The van der Waals surface area contributed by atoms with Gasteiger partial charge in [0.2, 0.25) is 0 Å². The molecule has 0 aromatic carbocycles. The minimum Gasteiger partial charge on any atom is -0.228 e. The van der Waals surface area contributed by atoms with Crippen LogP contribution in [0.4, 0.5) is 8.78 Å². The van der Waals surface area contributed by atoms with E-state index in [-0.39, 0.29) is 10.7 Å². The van der Waals surface area contributed by atoms with Crippen molar-refractivity contribution in [2.45, 2.75) is 13.3 Å². The quantitative estimate of drug-likeness (QED) is 0.698. The molecular formula is C7H5BrClF2N. The van der Waals surface area contributed by atoms with Gasteiger partial charge in [0.05, 0.1) is 5.56 Å². The summed E-state index contributed by atoms with van der Waals surface area (Å²) in [6.07, 6.45) is -2.57. The third-order valence-electron chi connectivity index (χ3n) is 1.37. The van der Waals surface area contributed by atoms with Gasteiger partial charge in [-0.1, -0.05) is 11.6 Å². The Bertz CT molecular complexity index is 304. The van der Waals surface area contributed by atoms with Crippen molar-refractivity contribution >= 4 is 27.5 Å². The lowest BCUT2D eigenvalue weighted by Crippen LogP contribution is -1.92. The van der Waals surface area contributed by atoms with Crippen LogP contribution in [0.2, 0.25) is 5.15 Å². The lowest BCUT2D eigenvalue weighted by atomic mass is 10.2. The zero-order valence-electron chi connectivity index (χ0n) is 6.11. The molecule has 0 unspecified atom stereocenters.